The van der Waals surface area contributed by atoms with E-state index in [9.17, 15) is 8.42 Å². The molecular formula is C13H22ClN3O2S. The highest BCUT2D eigenvalue weighted by atomic mass is 35.5. The third kappa shape index (κ3) is 3.74. The van der Waals surface area contributed by atoms with Crippen molar-refractivity contribution in [3.8, 4) is 0 Å². The van der Waals surface area contributed by atoms with Crippen LogP contribution in [-0.2, 0) is 16.6 Å². The van der Waals surface area contributed by atoms with E-state index in [1.807, 2.05) is 13.8 Å². The first-order valence-electron chi connectivity index (χ1n) is 7.05. The molecule has 1 fully saturated rings. The lowest BCUT2D eigenvalue weighted by Gasteiger charge is -2.25. The van der Waals surface area contributed by atoms with Crippen molar-refractivity contribution >= 4 is 21.6 Å². The normalized spacial score (nSPS) is 16.2. The molecule has 20 heavy (non-hydrogen) atoms. The third-order valence-electron chi connectivity index (χ3n) is 3.45. The molecule has 0 saturated heterocycles. The molecule has 0 amide bonds. The van der Waals surface area contributed by atoms with Gasteiger partial charge in [0.2, 0.25) is 10.0 Å². The van der Waals surface area contributed by atoms with E-state index in [4.69, 9.17) is 11.6 Å². The summed E-state index contributed by atoms with van der Waals surface area (Å²) in [7, 11) is -3.44. The van der Waals surface area contributed by atoms with Gasteiger partial charge in [-0.3, -0.25) is 4.68 Å². The van der Waals surface area contributed by atoms with Gasteiger partial charge in [0.25, 0.3) is 0 Å². The topological polar surface area (TPSA) is 55.2 Å². The van der Waals surface area contributed by atoms with Crippen LogP contribution in [0.1, 0.15) is 33.1 Å². The fraction of sp³-hybridized carbons (Fsp3) is 0.769. The summed E-state index contributed by atoms with van der Waals surface area (Å²) in [6.07, 6.45) is 6.08. The predicted octanol–water partition coefficient (Wildman–Crippen LogP) is 2.32. The molecule has 5 nitrogen and oxygen atoms in total. The molecule has 0 spiro atoms. The molecule has 1 aromatic heterocycles. The van der Waals surface area contributed by atoms with Gasteiger partial charge < -0.3 is 0 Å². The predicted molar refractivity (Wildman–Crippen MR) is 79.3 cm³/mol. The minimum absolute atomic E-state index is 0.0354. The Bertz CT molecular complexity index is 538. The van der Waals surface area contributed by atoms with Gasteiger partial charge in [0.15, 0.2) is 0 Å². The van der Waals surface area contributed by atoms with Crippen LogP contribution in [0.3, 0.4) is 0 Å². The van der Waals surface area contributed by atoms with E-state index in [-0.39, 0.29) is 10.9 Å². The van der Waals surface area contributed by atoms with E-state index in [0.717, 1.165) is 19.3 Å². The van der Waals surface area contributed by atoms with Gasteiger partial charge in [0.05, 0.1) is 6.20 Å². The standard InChI is InChI=1S/C13H22ClN3O2S/c1-11(2)17(9-12-4-5-12)20(18,19)13-8-15-16(10-13)7-3-6-14/h8,10-12H,3-7,9H2,1-2H3. The molecule has 1 aromatic rings. The van der Waals surface area contributed by atoms with Crippen LogP contribution < -0.4 is 0 Å². The molecule has 1 aliphatic rings. The zero-order valence-corrected chi connectivity index (χ0v) is 13.6. The second-order valence-corrected chi connectivity index (χ2v) is 7.86. The highest BCUT2D eigenvalue weighted by molar-refractivity contribution is 7.89. The Balaban J connectivity index is 2.16. The first-order chi connectivity index (χ1) is 9.45. The number of aryl methyl sites for hydroxylation is 1. The highest BCUT2D eigenvalue weighted by Crippen LogP contribution is 2.32. The lowest BCUT2D eigenvalue weighted by Crippen LogP contribution is -2.38. The van der Waals surface area contributed by atoms with Crippen molar-refractivity contribution in [3.05, 3.63) is 12.4 Å². The lowest BCUT2D eigenvalue weighted by molar-refractivity contribution is 0.341. The Labute approximate surface area is 126 Å². The summed E-state index contributed by atoms with van der Waals surface area (Å²) in [5.41, 5.74) is 0. The Hall–Kier alpha value is -0.590. The van der Waals surface area contributed by atoms with Gasteiger partial charge in [-0.1, -0.05) is 0 Å². The van der Waals surface area contributed by atoms with E-state index >= 15 is 0 Å². The molecule has 7 heteroatoms. The Morgan fingerprint density at radius 3 is 2.75 bits per heavy atom. The summed E-state index contributed by atoms with van der Waals surface area (Å²) in [5, 5.41) is 4.11. The molecule has 0 atom stereocenters. The monoisotopic (exact) mass is 319 g/mol. The fourth-order valence-corrected chi connectivity index (χ4v) is 3.89. The molecule has 114 valence electrons. The van der Waals surface area contributed by atoms with Crippen molar-refractivity contribution in [3.63, 3.8) is 0 Å². The number of aromatic nitrogens is 2. The van der Waals surface area contributed by atoms with Gasteiger partial charge in [-0.05, 0) is 39.0 Å². The number of sulfonamides is 1. The zero-order chi connectivity index (χ0) is 14.8. The van der Waals surface area contributed by atoms with E-state index in [1.54, 1.807) is 15.2 Å². The van der Waals surface area contributed by atoms with Gasteiger partial charge in [0, 0.05) is 31.2 Å². The van der Waals surface area contributed by atoms with Crippen LogP contribution in [0, 0.1) is 5.92 Å². The molecule has 0 N–H and O–H groups in total. The summed E-state index contributed by atoms with van der Waals surface area (Å²) in [5.74, 6) is 1.07. The lowest BCUT2D eigenvalue weighted by atomic mass is 10.3. The maximum Gasteiger partial charge on any atom is 0.246 e. The number of alkyl halides is 1. The van der Waals surface area contributed by atoms with Crippen molar-refractivity contribution < 1.29 is 8.42 Å². The molecule has 0 aromatic carbocycles. The van der Waals surface area contributed by atoms with Crippen molar-refractivity contribution in [1.82, 2.24) is 14.1 Å². The summed E-state index contributed by atoms with van der Waals surface area (Å²) in [6.45, 7) is 5.09. The van der Waals surface area contributed by atoms with Crippen LogP contribution >= 0.6 is 11.6 Å². The summed E-state index contributed by atoms with van der Waals surface area (Å²) >= 11 is 5.64. The average Bonchev–Trinajstić information content (AvgIpc) is 3.08. The van der Waals surface area contributed by atoms with Crippen LogP contribution in [0.15, 0.2) is 17.3 Å². The molecule has 2 rings (SSSR count). The Kier molecular flexibility index (Phi) is 5.09. The van der Waals surface area contributed by atoms with Crippen LogP contribution in [-0.4, -0.2) is 41.0 Å². The van der Waals surface area contributed by atoms with Crippen molar-refractivity contribution in [1.29, 1.82) is 0 Å². The smallest absolute Gasteiger partial charge is 0.246 e. The summed E-state index contributed by atoms with van der Waals surface area (Å²) in [4.78, 5) is 0.279. The Morgan fingerprint density at radius 2 is 2.20 bits per heavy atom. The van der Waals surface area contributed by atoms with Crippen LogP contribution in [0.4, 0.5) is 0 Å². The van der Waals surface area contributed by atoms with Crippen molar-refractivity contribution in [2.45, 2.75) is 50.6 Å². The van der Waals surface area contributed by atoms with E-state index < -0.39 is 10.0 Å². The highest BCUT2D eigenvalue weighted by Gasteiger charge is 2.33. The van der Waals surface area contributed by atoms with Gasteiger partial charge in [-0.25, -0.2) is 8.42 Å². The van der Waals surface area contributed by atoms with E-state index in [2.05, 4.69) is 5.10 Å². The second kappa shape index (κ2) is 6.45. The summed E-state index contributed by atoms with van der Waals surface area (Å²) < 4.78 is 28.6. The first-order valence-corrected chi connectivity index (χ1v) is 9.03. The van der Waals surface area contributed by atoms with Gasteiger partial charge in [-0.2, -0.15) is 9.40 Å². The van der Waals surface area contributed by atoms with Crippen molar-refractivity contribution in [2.75, 3.05) is 12.4 Å². The molecule has 1 aliphatic carbocycles. The summed E-state index contributed by atoms with van der Waals surface area (Å²) in [6, 6.07) is -0.0354. The van der Waals surface area contributed by atoms with E-state index in [1.165, 1.54) is 6.20 Å². The average molecular weight is 320 g/mol. The van der Waals surface area contributed by atoms with Gasteiger partial charge in [-0.15, -0.1) is 11.6 Å². The molecule has 0 aliphatic heterocycles. The Morgan fingerprint density at radius 1 is 1.50 bits per heavy atom. The first kappa shape index (κ1) is 15.8. The third-order valence-corrected chi connectivity index (χ3v) is 5.71. The fourth-order valence-electron chi connectivity index (χ4n) is 2.10. The van der Waals surface area contributed by atoms with Crippen molar-refractivity contribution in [2.24, 2.45) is 5.92 Å². The molecule has 0 radical (unpaired) electrons. The van der Waals surface area contributed by atoms with Crippen LogP contribution in [0.2, 0.25) is 0 Å². The minimum Gasteiger partial charge on any atom is -0.271 e. The largest absolute Gasteiger partial charge is 0.271 e. The van der Waals surface area contributed by atoms with Gasteiger partial charge >= 0.3 is 0 Å². The molecule has 0 bridgehead atoms. The van der Waals surface area contributed by atoms with Gasteiger partial charge in [0.1, 0.15) is 4.90 Å². The number of halogens is 1. The molecule has 0 unspecified atom stereocenters. The maximum atomic E-state index is 12.7. The molecular weight excluding hydrogens is 298 g/mol. The quantitative estimate of drug-likeness (QED) is 0.691. The zero-order valence-electron chi connectivity index (χ0n) is 12.0. The number of hydrogen-bond acceptors (Lipinski definition) is 3. The number of hydrogen-bond donors (Lipinski definition) is 0. The molecule has 1 saturated carbocycles. The molecule has 1 heterocycles. The second-order valence-electron chi connectivity index (χ2n) is 5.59. The minimum atomic E-state index is -3.44. The SMILES string of the molecule is CC(C)N(CC1CC1)S(=O)(=O)c1cnn(CCCCl)c1. The number of nitrogens with zero attached hydrogens (tertiary/aromatic N) is 3. The van der Waals surface area contributed by atoms with Crippen LogP contribution in [0.25, 0.3) is 0 Å². The number of rotatable bonds is 8. The van der Waals surface area contributed by atoms with Crippen LogP contribution in [0.5, 0.6) is 0 Å². The van der Waals surface area contributed by atoms with E-state index in [0.29, 0.717) is 24.9 Å². The maximum absolute atomic E-state index is 12.7.